The van der Waals surface area contributed by atoms with Gasteiger partial charge in [0.2, 0.25) is 0 Å². The Kier molecular flexibility index (Phi) is 4.90. The molecule has 1 saturated heterocycles. The van der Waals surface area contributed by atoms with Crippen molar-refractivity contribution in [2.45, 2.75) is 19.8 Å². The van der Waals surface area contributed by atoms with E-state index in [0.717, 1.165) is 57.2 Å². The van der Waals surface area contributed by atoms with Gasteiger partial charge in [-0.25, -0.2) is 0 Å². The van der Waals surface area contributed by atoms with Gasteiger partial charge in [0.25, 0.3) is 0 Å². The van der Waals surface area contributed by atoms with Gasteiger partial charge in [-0.2, -0.15) is 5.10 Å². The summed E-state index contributed by atoms with van der Waals surface area (Å²) in [5.74, 6) is 1.00. The Balaban J connectivity index is 1.90. The highest BCUT2D eigenvalue weighted by molar-refractivity contribution is 5.37. The van der Waals surface area contributed by atoms with Gasteiger partial charge in [-0.1, -0.05) is 0 Å². The summed E-state index contributed by atoms with van der Waals surface area (Å²) in [7, 11) is 0. The average Bonchev–Trinajstić information content (AvgIpc) is 2.63. The Morgan fingerprint density at radius 1 is 1.17 bits per heavy atom. The van der Waals surface area contributed by atoms with Crippen LogP contribution in [0.2, 0.25) is 0 Å². The van der Waals surface area contributed by atoms with E-state index in [9.17, 15) is 0 Å². The number of anilines is 1. The van der Waals surface area contributed by atoms with Gasteiger partial charge in [0.1, 0.15) is 0 Å². The van der Waals surface area contributed by atoms with Crippen molar-refractivity contribution in [3.05, 3.63) is 17.8 Å². The fraction of sp³-hybridized carbons (Fsp3) is 0.692. The predicted molar refractivity (Wildman–Crippen MR) is 73.7 cm³/mol. The lowest BCUT2D eigenvalue weighted by molar-refractivity contribution is 0.291. The fourth-order valence-electron chi connectivity index (χ4n) is 2.30. The lowest BCUT2D eigenvalue weighted by Gasteiger charge is -2.22. The van der Waals surface area contributed by atoms with Gasteiger partial charge in [-0.15, -0.1) is 5.10 Å². The van der Waals surface area contributed by atoms with E-state index in [0.29, 0.717) is 0 Å². The smallest absolute Gasteiger partial charge is 0.151 e. The second-order valence-electron chi connectivity index (χ2n) is 4.86. The van der Waals surface area contributed by atoms with Crippen LogP contribution in [0.5, 0.6) is 0 Å². The first-order valence-electron chi connectivity index (χ1n) is 6.77. The Labute approximate surface area is 109 Å². The first kappa shape index (κ1) is 13.2. The first-order valence-corrected chi connectivity index (χ1v) is 6.77. The summed E-state index contributed by atoms with van der Waals surface area (Å²) in [5, 5.41) is 8.40. The van der Waals surface area contributed by atoms with Crippen LogP contribution in [-0.4, -0.2) is 54.4 Å². The normalized spacial score (nSPS) is 17.8. The van der Waals surface area contributed by atoms with Crippen molar-refractivity contribution in [3.8, 4) is 0 Å². The highest BCUT2D eigenvalue weighted by Gasteiger charge is 2.15. The highest BCUT2D eigenvalue weighted by atomic mass is 15.3. The minimum Gasteiger partial charge on any atom is -0.354 e. The molecule has 0 aromatic carbocycles. The third-order valence-electron chi connectivity index (χ3n) is 3.37. The van der Waals surface area contributed by atoms with Crippen LogP contribution in [0.15, 0.2) is 12.1 Å². The maximum Gasteiger partial charge on any atom is 0.151 e. The Morgan fingerprint density at radius 3 is 2.78 bits per heavy atom. The van der Waals surface area contributed by atoms with Crippen LogP contribution in [0.3, 0.4) is 0 Å². The van der Waals surface area contributed by atoms with Gasteiger partial charge in [0.15, 0.2) is 5.82 Å². The van der Waals surface area contributed by atoms with Gasteiger partial charge < -0.3 is 15.5 Å². The molecule has 2 N–H and O–H groups in total. The molecular formula is C13H23N5. The van der Waals surface area contributed by atoms with Crippen molar-refractivity contribution in [1.82, 2.24) is 15.1 Å². The fourth-order valence-corrected chi connectivity index (χ4v) is 2.30. The van der Waals surface area contributed by atoms with E-state index in [1.54, 1.807) is 0 Å². The Hall–Kier alpha value is -1.20. The van der Waals surface area contributed by atoms with Crippen LogP contribution in [0, 0.1) is 6.92 Å². The molecule has 0 unspecified atom stereocenters. The van der Waals surface area contributed by atoms with E-state index in [1.807, 2.05) is 13.0 Å². The zero-order valence-electron chi connectivity index (χ0n) is 11.2. The summed E-state index contributed by atoms with van der Waals surface area (Å²) in [4.78, 5) is 4.82. The van der Waals surface area contributed by atoms with Crippen LogP contribution < -0.4 is 10.6 Å². The van der Waals surface area contributed by atoms with Crippen LogP contribution in [0.4, 0.5) is 5.82 Å². The van der Waals surface area contributed by atoms with Crippen LogP contribution >= 0.6 is 0 Å². The quantitative estimate of drug-likeness (QED) is 0.849. The number of hydrogen-bond acceptors (Lipinski definition) is 5. The molecule has 5 heteroatoms. The molecule has 0 bridgehead atoms. The SMILES string of the molecule is Cc1ccc(N2CCCN(CCCN)CC2)nn1. The number of rotatable bonds is 4. The van der Waals surface area contributed by atoms with Gasteiger partial charge in [0, 0.05) is 19.6 Å². The van der Waals surface area contributed by atoms with Gasteiger partial charge in [-0.05, 0) is 51.5 Å². The molecule has 100 valence electrons. The molecule has 18 heavy (non-hydrogen) atoms. The minimum absolute atomic E-state index is 0.781. The number of aryl methyl sites for hydroxylation is 1. The Bertz CT molecular complexity index is 351. The molecule has 0 spiro atoms. The molecule has 1 fully saturated rings. The lowest BCUT2D eigenvalue weighted by atomic mass is 10.3. The zero-order chi connectivity index (χ0) is 12.8. The third kappa shape index (κ3) is 3.65. The lowest BCUT2D eigenvalue weighted by Crippen LogP contribution is -2.32. The van der Waals surface area contributed by atoms with E-state index < -0.39 is 0 Å². The van der Waals surface area contributed by atoms with Crippen molar-refractivity contribution in [2.75, 3.05) is 44.2 Å². The molecule has 2 heterocycles. The predicted octanol–water partition coefficient (Wildman–Crippen LogP) is 0.646. The number of hydrogen-bond donors (Lipinski definition) is 1. The minimum atomic E-state index is 0.781. The molecule has 1 aliphatic heterocycles. The summed E-state index contributed by atoms with van der Waals surface area (Å²) in [5.41, 5.74) is 6.53. The maximum atomic E-state index is 5.56. The largest absolute Gasteiger partial charge is 0.354 e. The van der Waals surface area contributed by atoms with E-state index in [2.05, 4.69) is 26.1 Å². The molecule has 1 aliphatic rings. The molecular weight excluding hydrogens is 226 g/mol. The van der Waals surface area contributed by atoms with Gasteiger partial charge >= 0.3 is 0 Å². The monoisotopic (exact) mass is 249 g/mol. The highest BCUT2D eigenvalue weighted by Crippen LogP contribution is 2.12. The molecule has 0 saturated carbocycles. The van der Waals surface area contributed by atoms with Crippen molar-refractivity contribution >= 4 is 5.82 Å². The topological polar surface area (TPSA) is 58.3 Å². The summed E-state index contributed by atoms with van der Waals surface area (Å²) in [6, 6.07) is 4.09. The molecule has 0 atom stereocenters. The third-order valence-corrected chi connectivity index (χ3v) is 3.37. The summed E-state index contributed by atoms with van der Waals surface area (Å²) in [6.07, 6.45) is 2.27. The summed E-state index contributed by atoms with van der Waals surface area (Å²) in [6.45, 7) is 8.21. The second kappa shape index (κ2) is 6.66. The number of aromatic nitrogens is 2. The molecule has 2 rings (SSSR count). The summed E-state index contributed by atoms with van der Waals surface area (Å²) >= 11 is 0. The molecule has 0 radical (unpaired) electrons. The molecule has 1 aromatic heterocycles. The van der Waals surface area contributed by atoms with E-state index in [-0.39, 0.29) is 0 Å². The van der Waals surface area contributed by atoms with Crippen LogP contribution in [0.1, 0.15) is 18.5 Å². The number of nitrogens with zero attached hydrogens (tertiary/aromatic N) is 4. The van der Waals surface area contributed by atoms with Gasteiger partial charge in [0.05, 0.1) is 5.69 Å². The van der Waals surface area contributed by atoms with E-state index in [4.69, 9.17) is 5.73 Å². The first-order chi connectivity index (χ1) is 8.79. The zero-order valence-corrected chi connectivity index (χ0v) is 11.2. The van der Waals surface area contributed by atoms with E-state index >= 15 is 0 Å². The van der Waals surface area contributed by atoms with Crippen molar-refractivity contribution in [1.29, 1.82) is 0 Å². The average molecular weight is 249 g/mol. The van der Waals surface area contributed by atoms with Crippen LogP contribution in [0.25, 0.3) is 0 Å². The number of nitrogens with two attached hydrogens (primary N) is 1. The maximum absolute atomic E-state index is 5.56. The second-order valence-corrected chi connectivity index (χ2v) is 4.86. The van der Waals surface area contributed by atoms with Crippen molar-refractivity contribution in [2.24, 2.45) is 5.73 Å². The standard InChI is InChI=1S/C13H23N5/c1-12-4-5-13(16-15-12)18-9-3-8-17(10-11-18)7-2-6-14/h4-5H,2-3,6-11,14H2,1H3. The van der Waals surface area contributed by atoms with E-state index in [1.165, 1.54) is 6.42 Å². The van der Waals surface area contributed by atoms with Crippen molar-refractivity contribution in [3.63, 3.8) is 0 Å². The molecule has 5 nitrogen and oxygen atoms in total. The molecule has 0 amide bonds. The molecule has 0 aliphatic carbocycles. The van der Waals surface area contributed by atoms with Gasteiger partial charge in [-0.3, -0.25) is 0 Å². The van der Waals surface area contributed by atoms with Crippen LogP contribution in [-0.2, 0) is 0 Å². The summed E-state index contributed by atoms with van der Waals surface area (Å²) < 4.78 is 0. The van der Waals surface area contributed by atoms with Crippen molar-refractivity contribution < 1.29 is 0 Å². The Morgan fingerprint density at radius 2 is 2.06 bits per heavy atom. The molecule has 1 aromatic rings.